The van der Waals surface area contributed by atoms with E-state index in [1.807, 2.05) is 13.2 Å². The van der Waals surface area contributed by atoms with E-state index in [4.69, 9.17) is 0 Å². The summed E-state index contributed by atoms with van der Waals surface area (Å²) in [6, 6.07) is 6.28. The van der Waals surface area contributed by atoms with Crippen molar-refractivity contribution in [3.63, 3.8) is 0 Å². The highest BCUT2D eigenvalue weighted by atomic mass is 79.9. The second kappa shape index (κ2) is 3.52. The van der Waals surface area contributed by atoms with Crippen LogP contribution in [0.25, 0.3) is 10.9 Å². The first-order chi connectivity index (χ1) is 6.31. The summed E-state index contributed by atoms with van der Waals surface area (Å²) < 4.78 is 1.11. The first kappa shape index (κ1) is 8.78. The van der Waals surface area contributed by atoms with Crippen molar-refractivity contribution in [2.45, 2.75) is 6.54 Å². The van der Waals surface area contributed by atoms with Gasteiger partial charge in [0.2, 0.25) is 0 Å². The van der Waals surface area contributed by atoms with Gasteiger partial charge in [-0.1, -0.05) is 22.0 Å². The average Bonchev–Trinajstić information content (AvgIpc) is 2.49. The van der Waals surface area contributed by atoms with Crippen LogP contribution in [0, 0.1) is 0 Å². The number of H-pyrrole nitrogens is 1. The Hall–Kier alpha value is -0.800. The highest BCUT2D eigenvalue weighted by Gasteiger charge is 2.01. The quantitative estimate of drug-likeness (QED) is 0.828. The van der Waals surface area contributed by atoms with Crippen LogP contribution in [-0.2, 0) is 6.54 Å². The zero-order valence-electron chi connectivity index (χ0n) is 7.39. The molecule has 0 atom stereocenters. The molecule has 0 radical (unpaired) electrons. The molecule has 68 valence electrons. The van der Waals surface area contributed by atoms with Gasteiger partial charge in [0, 0.05) is 28.1 Å². The Morgan fingerprint density at radius 2 is 2.31 bits per heavy atom. The molecule has 1 aromatic carbocycles. The minimum atomic E-state index is 0.904. The molecule has 1 aromatic heterocycles. The van der Waals surface area contributed by atoms with E-state index >= 15 is 0 Å². The zero-order valence-corrected chi connectivity index (χ0v) is 8.98. The predicted octanol–water partition coefficient (Wildman–Crippen LogP) is 2.65. The van der Waals surface area contributed by atoms with Gasteiger partial charge in [-0.25, -0.2) is 0 Å². The van der Waals surface area contributed by atoms with Gasteiger partial charge < -0.3 is 10.3 Å². The molecule has 13 heavy (non-hydrogen) atoms. The molecule has 3 heteroatoms. The molecule has 0 aliphatic rings. The molecular weight excluding hydrogens is 228 g/mol. The van der Waals surface area contributed by atoms with Gasteiger partial charge in [0.1, 0.15) is 0 Å². The Labute approximate surface area is 85.5 Å². The SMILES string of the molecule is CNCc1c[nH]c2cc(Br)ccc12. The molecule has 0 saturated carbocycles. The van der Waals surface area contributed by atoms with Crippen LogP contribution < -0.4 is 5.32 Å². The van der Waals surface area contributed by atoms with Crippen molar-refractivity contribution in [3.8, 4) is 0 Å². The van der Waals surface area contributed by atoms with E-state index in [1.54, 1.807) is 0 Å². The number of rotatable bonds is 2. The van der Waals surface area contributed by atoms with Crippen LogP contribution in [0.5, 0.6) is 0 Å². The third-order valence-corrected chi connectivity index (χ3v) is 2.59. The molecule has 2 aromatic rings. The number of hydrogen-bond acceptors (Lipinski definition) is 1. The maximum absolute atomic E-state index is 3.45. The molecule has 0 unspecified atom stereocenters. The maximum atomic E-state index is 3.45. The van der Waals surface area contributed by atoms with Gasteiger partial charge in [0.15, 0.2) is 0 Å². The number of aromatic nitrogens is 1. The molecule has 2 nitrogen and oxygen atoms in total. The first-order valence-electron chi connectivity index (χ1n) is 4.21. The summed E-state index contributed by atoms with van der Waals surface area (Å²) in [7, 11) is 1.96. The van der Waals surface area contributed by atoms with Crippen LogP contribution in [-0.4, -0.2) is 12.0 Å². The number of halogens is 1. The lowest BCUT2D eigenvalue weighted by molar-refractivity contribution is 0.823. The van der Waals surface area contributed by atoms with Crippen LogP contribution in [0.4, 0.5) is 0 Å². The highest BCUT2D eigenvalue weighted by molar-refractivity contribution is 9.10. The number of benzene rings is 1. The van der Waals surface area contributed by atoms with Crippen LogP contribution in [0.2, 0.25) is 0 Å². The normalized spacial score (nSPS) is 10.9. The molecule has 0 saturated heterocycles. The summed E-state index contributed by atoms with van der Waals surface area (Å²) in [5, 5.41) is 4.43. The Bertz CT molecular complexity index is 420. The summed E-state index contributed by atoms with van der Waals surface area (Å²) >= 11 is 3.45. The van der Waals surface area contributed by atoms with E-state index in [2.05, 4.69) is 44.4 Å². The van der Waals surface area contributed by atoms with Crippen molar-refractivity contribution in [2.24, 2.45) is 0 Å². The Balaban J connectivity index is 2.55. The summed E-state index contributed by atoms with van der Waals surface area (Å²) in [4.78, 5) is 3.24. The van der Waals surface area contributed by atoms with Gasteiger partial charge in [-0.05, 0) is 24.7 Å². The third-order valence-electron chi connectivity index (χ3n) is 2.10. The fourth-order valence-corrected chi connectivity index (χ4v) is 1.86. The molecule has 0 amide bonds. The van der Waals surface area contributed by atoms with E-state index in [-0.39, 0.29) is 0 Å². The standard InChI is InChI=1S/C10H11BrN2/c1-12-5-7-6-13-10-4-8(11)2-3-9(7)10/h2-4,6,12-13H,5H2,1H3. The molecule has 0 bridgehead atoms. The Kier molecular flexibility index (Phi) is 2.38. The van der Waals surface area contributed by atoms with Crippen molar-refractivity contribution in [1.29, 1.82) is 0 Å². The monoisotopic (exact) mass is 238 g/mol. The number of nitrogens with one attached hydrogen (secondary N) is 2. The lowest BCUT2D eigenvalue weighted by atomic mass is 10.2. The van der Waals surface area contributed by atoms with Gasteiger partial charge in [-0.15, -0.1) is 0 Å². The Morgan fingerprint density at radius 1 is 1.46 bits per heavy atom. The fraction of sp³-hybridized carbons (Fsp3) is 0.200. The van der Waals surface area contributed by atoms with Crippen molar-refractivity contribution in [3.05, 3.63) is 34.4 Å². The summed E-state index contributed by atoms with van der Waals surface area (Å²) in [6.45, 7) is 0.904. The lowest BCUT2D eigenvalue weighted by Crippen LogP contribution is -2.03. The fourth-order valence-electron chi connectivity index (χ4n) is 1.50. The number of fused-ring (bicyclic) bond motifs is 1. The molecule has 0 aliphatic carbocycles. The highest BCUT2D eigenvalue weighted by Crippen LogP contribution is 2.21. The van der Waals surface area contributed by atoms with E-state index in [0.717, 1.165) is 11.0 Å². The van der Waals surface area contributed by atoms with Crippen molar-refractivity contribution < 1.29 is 0 Å². The predicted molar refractivity (Wildman–Crippen MR) is 58.8 cm³/mol. The van der Waals surface area contributed by atoms with E-state index in [9.17, 15) is 0 Å². The van der Waals surface area contributed by atoms with Gasteiger partial charge >= 0.3 is 0 Å². The van der Waals surface area contributed by atoms with E-state index < -0.39 is 0 Å². The summed E-state index contributed by atoms with van der Waals surface area (Å²) in [6.07, 6.45) is 2.05. The topological polar surface area (TPSA) is 27.8 Å². The van der Waals surface area contributed by atoms with E-state index in [1.165, 1.54) is 16.5 Å². The summed E-state index contributed by atoms with van der Waals surface area (Å²) in [5.41, 5.74) is 2.49. The molecule has 0 fully saturated rings. The number of hydrogen-bond donors (Lipinski definition) is 2. The Morgan fingerprint density at radius 3 is 3.08 bits per heavy atom. The molecule has 0 aliphatic heterocycles. The van der Waals surface area contributed by atoms with Crippen LogP contribution >= 0.6 is 15.9 Å². The van der Waals surface area contributed by atoms with Crippen LogP contribution in [0.15, 0.2) is 28.9 Å². The van der Waals surface area contributed by atoms with Gasteiger partial charge in [-0.3, -0.25) is 0 Å². The largest absolute Gasteiger partial charge is 0.361 e. The van der Waals surface area contributed by atoms with Gasteiger partial charge in [0.25, 0.3) is 0 Å². The molecule has 0 spiro atoms. The third kappa shape index (κ3) is 1.62. The van der Waals surface area contributed by atoms with Crippen molar-refractivity contribution in [1.82, 2.24) is 10.3 Å². The van der Waals surface area contributed by atoms with E-state index in [0.29, 0.717) is 0 Å². The number of aromatic amines is 1. The first-order valence-corrected chi connectivity index (χ1v) is 5.00. The second-order valence-corrected chi connectivity index (χ2v) is 3.95. The molecular formula is C10H11BrN2. The lowest BCUT2D eigenvalue weighted by Gasteiger charge is -1.96. The average molecular weight is 239 g/mol. The van der Waals surface area contributed by atoms with Crippen LogP contribution in [0.3, 0.4) is 0 Å². The van der Waals surface area contributed by atoms with Crippen molar-refractivity contribution in [2.75, 3.05) is 7.05 Å². The zero-order chi connectivity index (χ0) is 9.26. The minimum Gasteiger partial charge on any atom is -0.361 e. The molecule has 2 N–H and O–H groups in total. The maximum Gasteiger partial charge on any atom is 0.0468 e. The van der Waals surface area contributed by atoms with Gasteiger partial charge in [-0.2, -0.15) is 0 Å². The van der Waals surface area contributed by atoms with Crippen LogP contribution in [0.1, 0.15) is 5.56 Å². The summed E-state index contributed by atoms with van der Waals surface area (Å²) in [5.74, 6) is 0. The minimum absolute atomic E-state index is 0.904. The molecule has 1 heterocycles. The smallest absolute Gasteiger partial charge is 0.0468 e. The van der Waals surface area contributed by atoms with Gasteiger partial charge in [0.05, 0.1) is 0 Å². The molecule has 2 rings (SSSR count). The van der Waals surface area contributed by atoms with Crippen molar-refractivity contribution >= 4 is 26.8 Å². The second-order valence-electron chi connectivity index (χ2n) is 3.03.